The minimum Gasteiger partial charge on any atom is -0.481 e. The quantitative estimate of drug-likeness (QED) is 0.630. The van der Waals surface area contributed by atoms with Crippen LogP contribution in [0.5, 0.6) is 0 Å². The highest BCUT2D eigenvalue weighted by molar-refractivity contribution is 5.76. The van der Waals surface area contributed by atoms with E-state index in [0.717, 1.165) is 50.9 Å². The molecule has 0 aromatic heterocycles. The molecule has 0 aromatic carbocycles. The first-order chi connectivity index (χ1) is 11.5. The first kappa shape index (κ1) is 18.3. The molecule has 3 fully saturated rings. The first-order valence-corrected chi connectivity index (χ1v) is 10.7. The van der Waals surface area contributed by atoms with Gasteiger partial charge >= 0.3 is 5.97 Å². The summed E-state index contributed by atoms with van der Waals surface area (Å²) in [7, 11) is 0. The highest BCUT2D eigenvalue weighted by Gasteiger charge is 2.57. The first-order valence-electron chi connectivity index (χ1n) is 10.7. The summed E-state index contributed by atoms with van der Waals surface area (Å²) in [5, 5.41) is 10.2. The van der Waals surface area contributed by atoms with E-state index < -0.39 is 11.4 Å². The van der Waals surface area contributed by atoms with Gasteiger partial charge in [-0.05, 0) is 74.5 Å². The largest absolute Gasteiger partial charge is 0.481 e. The predicted molar refractivity (Wildman–Crippen MR) is 99.0 cm³/mol. The van der Waals surface area contributed by atoms with Crippen LogP contribution in [0.3, 0.4) is 0 Å². The smallest absolute Gasteiger partial charge is 0.310 e. The van der Waals surface area contributed by atoms with Gasteiger partial charge < -0.3 is 5.11 Å². The van der Waals surface area contributed by atoms with E-state index in [0.29, 0.717) is 5.41 Å². The van der Waals surface area contributed by atoms with Crippen molar-refractivity contribution in [3.63, 3.8) is 0 Å². The third-order valence-corrected chi connectivity index (χ3v) is 8.75. The molecule has 24 heavy (non-hydrogen) atoms. The lowest BCUT2D eigenvalue weighted by Gasteiger charge is -2.56. The van der Waals surface area contributed by atoms with Crippen LogP contribution in [0.4, 0.5) is 0 Å². The van der Waals surface area contributed by atoms with Gasteiger partial charge in [-0.2, -0.15) is 0 Å². The third-order valence-electron chi connectivity index (χ3n) is 8.75. The average Bonchev–Trinajstić information content (AvgIpc) is 2.64. The van der Waals surface area contributed by atoms with Crippen molar-refractivity contribution < 1.29 is 9.90 Å². The summed E-state index contributed by atoms with van der Waals surface area (Å²) in [6.07, 6.45) is 18.3. The van der Waals surface area contributed by atoms with Gasteiger partial charge in [-0.15, -0.1) is 0 Å². The van der Waals surface area contributed by atoms with Crippen molar-refractivity contribution >= 4 is 5.97 Å². The fraction of sp³-hybridized carbons (Fsp3) is 0.955. The van der Waals surface area contributed by atoms with Crippen molar-refractivity contribution in [1.82, 2.24) is 0 Å². The number of rotatable bonds is 4. The molecule has 3 aliphatic rings. The van der Waals surface area contributed by atoms with Gasteiger partial charge in [0, 0.05) is 0 Å². The van der Waals surface area contributed by atoms with E-state index in [9.17, 15) is 9.90 Å². The Morgan fingerprint density at radius 2 is 1.42 bits per heavy atom. The molecule has 2 heteroatoms. The zero-order chi connectivity index (χ0) is 17.3. The topological polar surface area (TPSA) is 37.3 Å². The highest BCUT2D eigenvalue weighted by atomic mass is 16.4. The number of carboxylic acids is 1. The van der Waals surface area contributed by atoms with E-state index in [1.165, 1.54) is 51.4 Å². The highest BCUT2D eigenvalue weighted by Crippen LogP contribution is 2.63. The van der Waals surface area contributed by atoms with Crippen LogP contribution in [0.2, 0.25) is 0 Å². The van der Waals surface area contributed by atoms with Gasteiger partial charge in [0.2, 0.25) is 0 Å². The second-order valence-corrected chi connectivity index (χ2v) is 9.57. The predicted octanol–water partition coefficient (Wildman–Crippen LogP) is 6.58. The Morgan fingerprint density at radius 3 is 1.92 bits per heavy atom. The summed E-state index contributed by atoms with van der Waals surface area (Å²) < 4.78 is 0. The van der Waals surface area contributed by atoms with Gasteiger partial charge in [0.05, 0.1) is 5.41 Å². The summed E-state index contributed by atoms with van der Waals surface area (Å²) in [6, 6.07) is 0. The summed E-state index contributed by atoms with van der Waals surface area (Å²) in [4.78, 5) is 12.4. The van der Waals surface area contributed by atoms with Crippen molar-refractivity contribution in [1.29, 1.82) is 0 Å². The van der Waals surface area contributed by atoms with Gasteiger partial charge in [0.25, 0.3) is 0 Å². The van der Waals surface area contributed by atoms with Crippen LogP contribution in [-0.2, 0) is 4.79 Å². The molecule has 0 heterocycles. The maximum Gasteiger partial charge on any atom is 0.310 e. The van der Waals surface area contributed by atoms with E-state index >= 15 is 0 Å². The Morgan fingerprint density at radius 1 is 0.875 bits per heavy atom. The normalized spacial score (nSPS) is 37.9. The fourth-order valence-corrected chi connectivity index (χ4v) is 6.80. The van der Waals surface area contributed by atoms with Crippen molar-refractivity contribution in [3.05, 3.63) is 0 Å². The maximum atomic E-state index is 12.4. The molecule has 3 aliphatic carbocycles. The number of aliphatic carboxylic acids is 1. The van der Waals surface area contributed by atoms with Gasteiger partial charge in [0.1, 0.15) is 0 Å². The van der Waals surface area contributed by atoms with Crippen molar-refractivity contribution in [2.24, 2.45) is 22.2 Å². The molecule has 0 unspecified atom stereocenters. The molecule has 138 valence electrons. The molecule has 3 rings (SSSR count). The van der Waals surface area contributed by atoms with Gasteiger partial charge in [-0.3, -0.25) is 4.79 Å². The second kappa shape index (κ2) is 7.00. The summed E-state index contributed by atoms with van der Waals surface area (Å²) in [6.45, 7) is 4.79. The number of carbonyl (C=O) groups is 1. The molecule has 0 bridgehead atoms. The molecular weight excluding hydrogens is 296 g/mol. The lowest BCUT2D eigenvalue weighted by atomic mass is 9.47. The van der Waals surface area contributed by atoms with Crippen LogP contribution >= 0.6 is 0 Å². The maximum absolute atomic E-state index is 12.4. The van der Waals surface area contributed by atoms with Crippen LogP contribution < -0.4 is 0 Å². The SMILES string of the molecule is CCC1(C2(C(=O)O)CCCCC2)CCC(C)(C2CCCCC2)CC1. The Bertz CT molecular complexity index is 433. The number of carboxylic acid groups (broad SMARTS) is 1. The van der Waals surface area contributed by atoms with Gasteiger partial charge in [0.15, 0.2) is 0 Å². The van der Waals surface area contributed by atoms with Gasteiger partial charge in [-0.1, -0.05) is 52.4 Å². The van der Waals surface area contributed by atoms with Crippen molar-refractivity contribution in [3.8, 4) is 0 Å². The van der Waals surface area contributed by atoms with Crippen LogP contribution in [0.1, 0.15) is 110 Å². The second-order valence-electron chi connectivity index (χ2n) is 9.57. The monoisotopic (exact) mass is 334 g/mol. The Balaban J connectivity index is 1.79. The molecular formula is C22H38O2. The van der Waals surface area contributed by atoms with E-state index in [-0.39, 0.29) is 5.41 Å². The molecule has 0 aromatic rings. The lowest BCUT2D eigenvalue weighted by molar-refractivity contribution is -0.169. The van der Waals surface area contributed by atoms with Gasteiger partial charge in [-0.25, -0.2) is 0 Å². The number of hydrogen-bond donors (Lipinski definition) is 1. The molecule has 0 atom stereocenters. The molecule has 3 saturated carbocycles. The molecule has 0 spiro atoms. The summed E-state index contributed by atoms with van der Waals surface area (Å²) in [5.41, 5.74) is 0.120. The molecule has 0 saturated heterocycles. The Hall–Kier alpha value is -0.530. The summed E-state index contributed by atoms with van der Waals surface area (Å²) in [5.74, 6) is 0.415. The molecule has 1 N–H and O–H groups in total. The van der Waals surface area contributed by atoms with Crippen LogP contribution in [0.25, 0.3) is 0 Å². The van der Waals surface area contributed by atoms with E-state index in [1.807, 2.05) is 0 Å². The van der Waals surface area contributed by atoms with E-state index in [2.05, 4.69) is 13.8 Å². The Labute approximate surface area is 148 Å². The lowest BCUT2D eigenvalue weighted by Crippen LogP contribution is -2.52. The average molecular weight is 335 g/mol. The fourth-order valence-electron chi connectivity index (χ4n) is 6.80. The third kappa shape index (κ3) is 2.92. The van der Waals surface area contributed by atoms with Crippen LogP contribution in [0.15, 0.2) is 0 Å². The Kier molecular flexibility index (Phi) is 5.33. The van der Waals surface area contributed by atoms with E-state index in [4.69, 9.17) is 0 Å². The minimum absolute atomic E-state index is 0.0629. The summed E-state index contributed by atoms with van der Waals surface area (Å²) >= 11 is 0. The molecule has 0 aliphatic heterocycles. The van der Waals surface area contributed by atoms with Crippen molar-refractivity contribution in [2.75, 3.05) is 0 Å². The minimum atomic E-state index is -0.481. The molecule has 0 radical (unpaired) electrons. The number of hydrogen-bond acceptors (Lipinski definition) is 1. The molecule has 2 nitrogen and oxygen atoms in total. The van der Waals surface area contributed by atoms with E-state index in [1.54, 1.807) is 0 Å². The van der Waals surface area contributed by atoms with Crippen LogP contribution in [0, 0.1) is 22.2 Å². The standard InChI is InChI=1S/C22H38O2/c1-3-21(22(19(23)24)12-8-5-9-13-22)16-14-20(2,15-17-21)18-10-6-4-7-11-18/h18H,3-17H2,1-2H3,(H,23,24). The van der Waals surface area contributed by atoms with Crippen LogP contribution in [-0.4, -0.2) is 11.1 Å². The van der Waals surface area contributed by atoms with Crippen molar-refractivity contribution in [2.45, 2.75) is 110 Å². The zero-order valence-corrected chi connectivity index (χ0v) is 16.0. The zero-order valence-electron chi connectivity index (χ0n) is 16.0. The molecule has 0 amide bonds.